The maximum Gasteiger partial charge on any atom is 0.272 e. The number of aromatic nitrogens is 4. The van der Waals surface area contributed by atoms with Crippen LogP contribution in [-0.4, -0.2) is 25.7 Å². The van der Waals surface area contributed by atoms with Crippen molar-refractivity contribution in [2.24, 2.45) is 0 Å². The molecule has 0 unspecified atom stereocenters. The second kappa shape index (κ2) is 6.27. The van der Waals surface area contributed by atoms with Gasteiger partial charge in [-0.1, -0.05) is 12.1 Å². The molecule has 7 heteroatoms. The van der Waals surface area contributed by atoms with Crippen LogP contribution in [0.15, 0.2) is 59.9 Å². The molecule has 0 aliphatic rings. The summed E-state index contributed by atoms with van der Waals surface area (Å²) in [4.78, 5) is 27.1. The van der Waals surface area contributed by atoms with E-state index in [9.17, 15) is 9.59 Å². The van der Waals surface area contributed by atoms with Crippen molar-refractivity contribution in [1.29, 1.82) is 0 Å². The van der Waals surface area contributed by atoms with Gasteiger partial charge in [-0.2, -0.15) is 5.10 Å². The lowest BCUT2D eigenvalue weighted by Crippen LogP contribution is -2.28. The predicted octanol–water partition coefficient (Wildman–Crippen LogP) is 1.45. The van der Waals surface area contributed by atoms with Crippen LogP contribution < -0.4 is 10.9 Å². The zero-order valence-electron chi connectivity index (χ0n) is 12.4. The normalized spacial score (nSPS) is 11.9. The van der Waals surface area contributed by atoms with Gasteiger partial charge in [-0.05, 0) is 30.7 Å². The number of H-pyrrole nitrogens is 1. The van der Waals surface area contributed by atoms with Crippen LogP contribution in [0, 0.1) is 0 Å². The van der Waals surface area contributed by atoms with Gasteiger partial charge in [-0.25, -0.2) is 10.1 Å². The summed E-state index contributed by atoms with van der Waals surface area (Å²) in [5, 5.41) is 8.80. The molecule has 0 saturated heterocycles. The van der Waals surface area contributed by atoms with Crippen LogP contribution in [0.2, 0.25) is 0 Å². The summed E-state index contributed by atoms with van der Waals surface area (Å²) >= 11 is 0. The maximum atomic E-state index is 12.1. The van der Waals surface area contributed by atoms with E-state index >= 15 is 0 Å². The molecule has 0 bridgehead atoms. The summed E-state index contributed by atoms with van der Waals surface area (Å²) in [6.07, 6.45) is 5.30. The first kappa shape index (κ1) is 14.7. The largest absolute Gasteiger partial charge is 0.344 e. The highest BCUT2D eigenvalue weighted by Crippen LogP contribution is 2.16. The second-order valence-electron chi connectivity index (χ2n) is 5.06. The van der Waals surface area contributed by atoms with Gasteiger partial charge in [-0.3, -0.25) is 9.59 Å². The minimum absolute atomic E-state index is 0.173. The van der Waals surface area contributed by atoms with Crippen molar-refractivity contribution in [3.05, 3.63) is 76.7 Å². The number of nitrogens with zero attached hydrogens (tertiary/aromatic N) is 3. The number of carbonyl (C=O) groups excluding carboxylic acids is 1. The van der Waals surface area contributed by atoms with E-state index in [2.05, 4.69) is 20.5 Å². The van der Waals surface area contributed by atoms with Gasteiger partial charge >= 0.3 is 0 Å². The molecule has 0 saturated carbocycles. The summed E-state index contributed by atoms with van der Waals surface area (Å²) < 4.78 is 1.90. The molecule has 1 aromatic carbocycles. The van der Waals surface area contributed by atoms with Gasteiger partial charge in [0.05, 0.1) is 12.4 Å². The molecule has 3 rings (SSSR count). The molecule has 0 aliphatic heterocycles. The van der Waals surface area contributed by atoms with Gasteiger partial charge in [-0.15, -0.1) is 0 Å². The number of benzene rings is 1. The molecule has 2 aromatic heterocycles. The van der Waals surface area contributed by atoms with Gasteiger partial charge in [0.1, 0.15) is 5.69 Å². The first-order valence-electron chi connectivity index (χ1n) is 7.08. The number of hydrogen-bond donors (Lipinski definition) is 2. The Labute approximate surface area is 132 Å². The van der Waals surface area contributed by atoms with E-state index < -0.39 is 0 Å². The second-order valence-corrected chi connectivity index (χ2v) is 5.06. The Morgan fingerprint density at radius 2 is 2.00 bits per heavy atom. The number of amides is 1. The Morgan fingerprint density at radius 1 is 1.22 bits per heavy atom. The third-order valence-corrected chi connectivity index (χ3v) is 3.45. The van der Waals surface area contributed by atoms with E-state index in [-0.39, 0.29) is 23.2 Å². The van der Waals surface area contributed by atoms with Crippen LogP contribution in [0.1, 0.15) is 29.0 Å². The number of aromatic amines is 1. The van der Waals surface area contributed by atoms with Crippen LogP contribution in [0.4, 0.5) is 0 Å². The molecule has 0 fully saturated rings. The van der Waals surface area contributed by atoms with Crippen LogP contribution in [0.3, 0.4) is 0 Å². The van der Waals surface area contributed by atoms with E-state index in [0.717, 1.165) is 11.3 Å². The number of rotatable bonds is 4. The summed E-state index contributed by atoms with van der Waals surface area (Å²) in [7, 11) is 0. The fourth-order valence-electron chi connectivity index (χ4n) is 2.17. The van der Waals surface area contributed by atoms with Crippen molar-refractivity contribution < 1.29 is 4.79 Å². The molecule has 7 nitrogen and oxygen atoms in total. The number of hydrogen-bond acceptors (Lipinski definition) is 4. The highest BCUT2D eigenvalue weighted by molar-refractivity contribution is 5.92. The minimum Gasteiger partial charge on any atom is -0.344 e. The predicted molar refractivity (Wildman–Crippen MR) is 84.3 cm³/mol. The van der Waals surface area contributed by atoms with Gasteiger partial charge in [0, 0.05) is 24.1 Å². The third kappa shape index (κ3) is 3.34. The Hall–Kier alpha value is -3.22. The molecular weight excluding hydrogens is 294 g/mol. The molecule has 0 aliphatic carbocycles. The first-order chi connectivity index (χ1) is 11.1. The number of imidazole rings is 1. The summed E-state index contributed by atoms with van der Waals surface area (Å²) in [6, 6.07) is 10.3. The van der Waals surface area contributed by atoms with Gasteiger partial charge in [0.15, 0.2) is 0 Å². The van der Waals surface area contributed by atoms with Crippen molar-refractivity contribution in [3.63, 3.8) is 0 Å². The van der Waals surface area contributed by atoms with Gasteiger partial charge < -0.3 is 9.88 Å². The molecule has 2 N–H and O–H groups in total. The molecular formula is C16H15N5O2. The Balaban J connectivity index is 1.70. The van der Waals surface area contributed by atoms with Crippen LogP contribution >= 0.6 is 0 Å². The molecule has 2 heterocycles. The molecule has 0 radical (unpaired) electrons. The molecule has 0 spiro atoms. The SMILES string of the molecule is C[C@@H](NC(=O)c1ccc(=O)[nH]n1)c1ccc(-n2ccnc2)cc1. The molecule has 23 heavy (non-hydrogen) atoms. The lowest BCUT2D eigenvalue weighted by Gasteiger charge is -2.14. The van der Waals surface area contributed by atoms with E-state index in [1.165, 1.54) is 12.1 Å². The Bertz CT molecular complexity index is 832. The smallest absolute Gasteiger partial charge is 0.272 e. The topological polar surface area (TPSA) is 92.7 Å². The van der Waals surface area contributed by atoms with Crippen molar-refractivity contribution >= 4 is 5.91 Å². The van der Waals surface area contributed by atoms with Gasteiger partial charge in [0.25, 0.3) is 11.5 Å². The lowest BCUT2D eigenvalue weighted by molar-refractivity contribution is 0.0933. The number of nitrogens with one attached hydrogen (secondary N) is 2. The quantitative estimate of drug-likeness (QED) is 0.763. The monoisotopic (exact) mass is 309 g/mol. The molecule has 1 amide bonds. The van der Waals surface area contributed by atoms with Crippen LogP contribution in [0.5, 0.6) is 0 Å². The van der Waals surface area contributed by atoms with Crippen LogP contribution in [-0.2, 0) is 0 Å². The zero-order valence-corrected chi connectivity index (χ0v) is 12.4. The lowest BCUT2D eigenvalue weighted by atomic mass is 10.1. The van der Waals surface area contributed by atoms with E-state index in [1.807, 2.05) is 42.0 Å². The third-order valence-electron chi connectivity index (χ3n) is 3.45. The molecule has 116 valence electrons. The maximum absolute atomic E-state index is 12.1. The van der Waals surface area contributed by atoms with E-state index in [1.54, 1.807) is 12.5 Å². The summed E-state index contributed by atoms with van der Waals surface area (Å²) in [6.45, 7) is 1.88. The molecule has 3 aromatic rings. The first-order valence-corrected chi connectivity index (χ1v) is 7.08. The summed E-state index contributed by atoms with van der Waals surface area (Å²) in [5.74, 6) is -0.340. The van der Waals surface area contributed by atoms with E-state index in [4.69, 9.17) is 0 Å². The van der Waals surface area contributed by atoms with Crippen molar-refractivity contribution in [3.8, 4) is 5.69 Å². The summed E-state index contributed by atoms with van der Waals surface area (Å²) in [5.41, 5.74) is 1.79. The zero-order chi connectivity index (χ0) is 16.2. The fourth-order valence-corrected chi connectivity index (χ4v) is 2.17. The highest BCUT2D eigenvalue weighted by atomic mass is 16.2. The Kier molecular flexibility index (Phi) is 4.01. The average molecular weight is 309 g/mol. The van der Waals surface area contributed by atoms with Gasteiger partial charge in [0.2, 0.25) is 0 Å². The molecule has 1 atom stereocenters. The highest BCUT2D eigenvalue weighted by Gasteiger charge is 2.12. The van der Waals surface area contributed by atoms with Crippen LogP contribution in [0.25, 0.3) is 5.69 Å². The minimum atomic E-state index is -0.343. The Morgan fingerprint density at radius 3 is 2.61 bits per heavy atom. The van der Waals surface area contributed by atoms with Crippen molar-refractivity contribution in [2.75, 3.05) is 0 Å². The fraction of sp³-hybridized carbons (Fsp3) is 0.125. The van der Waals surface area contributed by atoms with E-state index in [0.29, 0.717) is 0 Å². The van der Waals surface area contributed by atoms with Crippen molar-refractivity contribution in [2.45, 2.75) is 13.0 Å². The number of carbonyl (C=O) groups is 1. The average Bonchev–Trinajstić information content (AvgIpc) is 3.10. The standard InChI is InChI=1S/C16H15N5O2/c1-11(18-16(23)14-6-7-15(22)20-19-14)12-2-4-13(5-3-12)21-9-8-17-10-21/h2-11H,1H3,(H,18,23)(H,20,22)/t11-/m1/s1. The van der Waals surface area contributed by atoms with Crippen molar-refractivity contribution in [1.82, 2.24) is 25.1 Å².